The van der Waals surface area contributed by atoms with Gasteiger partial charge < -0.3 is 20.1 Å². The van der Waals surface area contributed by atoms with Gasteiger partial charge in [-0.25, -0.2) is 0 Å². The van der Waals surface area contributed by atoms with Gasteiger partial charge in [0.2, 0.25) is 5.91 Å². The van der Waals surface area contributed by atoms with E-state index in [0.717, 1.165) is 6.42 Å². The highest BCUT2D eigenvalue weighted by molar-refractivity contribution is 5.79. The summed E-state index contributed by atoms with van der Waals surface area (Å²) in [6, 6.07) is 0. The van der Waals surface area contributed by atoms with Crippen LogP contribution in [0.1, 0.15) is 20.3 Å². The molecule has 0 rings (SSSR count). The number of nitrogens with two attached hydrogens (primary N) is 1. The second kappa shape index (κ2) is 10.3. The van der Waals surface area contributed by atoms with Crippen molar-refractivity contribution in [3.8, 4) is 0 Å². The van der Waals surface area contributed by atoms with Gasteiger partial charge in [-0.3, -0.25) is 4.79 Å². The van der Waals surface area contributed by atoms with Crippen molar-refractivity contribution in [3.63, 3.8) is 0 Å². The van der Waals surface area contributed by atoms with Crippen molar-refractivity contribution in [2.24, 2.45) is 17.6 Å². The fourth-order valence-corrected chi connectivity index (χ4v) is 1.86. The van der Waals surface area contributed by atoms with E-state index in [0.29, 0.717) is 38.8 Å². The van der Waals surface area contributed by atoms with E-state index in [4.69, 9.17) is 15.2 Å². The number of carbonyl (C=O) groups is 1. The van der Waals surface area contributed by atoms with Crippen molar-refractivity contribution < 1.29 is 14.3 Å². The Hall–Kier alpha value is -0.650. The number of amides is 1. The maximum atomic E-state index is 12.4. The molecule has 0 bridgehead atoms. The predicted octanol–water partition coefficient (Wildman–Crippen LogP) is 0.729. The Kier molecular flexibility index (Phi) is 9.92. The fourth-order valence-electron chi connectivity index (χ4n) is 1.86. The first-order valence-corrected chi connectivity index (χ1v) is 6.53. The maximum absolute atomic E-state index is 12.4. The highest BCUT2D eigenvalue weighted by Crippen LogP contribution is 2.13. The largest absolute Gasteiger partial charge is 0.383 e. The standard InChI is InChI=1S/C13H28N2O3/c1-11(2)9-12(10-14)13(16)15(5-7-17-3)6-8-18-4/h11-12H,5-10,14H2,1-4H3. The summed E-state index contributed by atoms with van der Waals surface area (Å²) < 4.78 is 10.1. The quantitative estimate of drug-likeness (QED) is 0.629. The number of rotatable bonds is 10. The van der Waals surface area contributed by atoms with E-state index in [1.54, 1.807) is 19.1 Å². The number of hydrogen-bond donors (Lipinski definition) is 1. The van der Waals surface area contributed by atoms with Gasteiger partial charge in [-0.15, -0.1) is 0 Å². The third kappa shape index (κ3) is 6.93. The highest BCUT2D eigenvalue weighted by Gasteiger charge is 2.23. The van der Waals surface area contributed by atoms with E-state index < -0.39 is 0 Å². The van der Waals surface area contributed by atoms with Crippen LogP contribution in [0.25, 0.3) is 0 Å². The molecular weight excluding hydrogens is 232 g/mol. The van der Waals surface area contributed by atoms with Crippen LogP contribution < -0.4 is 5.73 Å². The maximum Gasteiger partial charge on any atom is 0.227 e. The molecule has 0 aliphatic rings. The van der Waals surface area contributed by atoms with Gasteiger partial charge >= 0.3 is 0 Å². The second-order valence-corrected chi connectivity index (χ2v) is 4.87. The molecule has 0 aliphatic carbocycles. The highest BCUT2D eigenvalue weighted by atomic mass is 16.5. The lowest BCUT2D eigenvalue weighted by Crippen LogP contribution is -2.43. The molecule has 0 aliphatic heterocycles. The molecule has 1 unspecified atom stereocenters. The van der Waals surface area contributed by atoms with Crippen LogP contribution >= 0.6 is 0 Å². The van der Waals surface area contributed by atoms with Crippen LogP contribution in [0.5, 0.6) is 0 Å². The van der Waals surface area contributed by atoms with Crippen molar-refractivity contribution in [1.82, 2.24) is 4.90 Å². The van der Waals surface area contributed by atoms with Gasteiger partial charge in [0.15, 0.2) is 0 Å². The van der Waals surface area contributed by atoms with E-state index in [2.05, 4.69) is 13.8 Å². The number of carbonyl (C=O) groups excluding carboxylic acids is 1. The Morgan fingerprint density at radius 1 is 1.17 bits per heavy atom. The molecule has 1 atom stereocenters. The zero-order chi connectivity index (χ0) is 14.0. The first-order valence-electron chi connectivity index (χ1n) is 6.53. The Morgan fingerprint density at radius 3 is 2.00 bits per heavy atom. The summed E-state index contributed by atoms with van der Waals surface area (Å²) >= 11 is 0. The van der Waals surface area contributed by atoms with Crippen molar-refractivity contribution in [1.29, 1.82) is 0 Å². The molecule has 108 valence electrons. The SMILES string of the molecule is COCCN(CCOC)C(=O)C(CN)CC(C)C. The number of hydrogen-bond acceptors (Lipinski definition) is 4. The minimum Gasteiger partial charge on any atom is -0.383 e. The number of nitrogens with zero attached hydrogens (tertiary/aromatic N) is 1. The van der Waals surface area contributed by atoms with Crippen LogP contribution in [-0.4, -0.2) is 57.9 Å². The van der Waals surface area contributed by atoms with E-state index in [1.807, 2.05) is 0 Å². The van der Waals surface area contributed by atoms with Crippen LogP contribution in [-0.2, 0) is 14.3 Å². The zero-order valence-corrected chi connectivity index (χ0v) is 12.1. The Morgan fingerprint density at radius 2 is 1.67 bits per heavy atom. The van der Waals surface area contributed by atoms with Gasteiger partial charge in [-0.05, 0) is 12.3 Å². The molecule has 0 fully saturated rings. The Balaban J connectivity index is 4.47. The van der Waals surface area contributed by atoms with E-state index >= 15 is 0 Å². The number of methoxy groups -OCH3 is 2. The number of ether oxygens (including phenoxy) is 2. The van der Waals surface area contributed by atoms with Gasteiger partial charge in [-0.2, -0.15) is 0 Å². The zero-order valence-electron chi connectivity index (χ0n) is 12.1. The predicted molar refractivity (Wildman–Crippen MR) is 72.3 cm³/mol. The lowest BCUT2D eigenvalue weighted by Gasteiger charge is -2.27. The molecule has 18 heavy (non-hydrogen) atoms. The second-order valence-electron chi connectivity index (χ2n) is 4.87. The Bertz CT molecular complexity index is 214. The smallest absolute Gasteiger partial charge is 0.227 e. The molecule has 0 heterocycles. The summed E-state index contributed by atoms with van der Waals surface area (Å²) in [4.78, 5) is 14.1. The van der Waals surface area contributed by atoms with Crippen molar-refractivity contribution in [2.75, 3.05) is 47.1 Å². The lowest BCUT2D eigenvalue weighted by molar-refractivity contribution is -0.137. The molecule has 1 amide bonds. The van der Waals surface area contributed by atoms with Crippen LogP contribution in [0.3, 0.4) is 0 Å². The first-order chi connectivity index (χ1) is 8.56. The normalized spacial score (nSPS) is 12.8. The molecule has 2 N–H and O–H groups in total. The third-order valence-electron chi connectivity index (χ3n) is 2.83. The molecule has 0 spiro atoms. The van der Waals surface area contributed by atoms with Crippen LogP contribution in [0.2, 0.25) is 0 Å². The molecule has 0 aromatic heterocycles. The summed E-state index contributed by atoms with van der Waals surface area (Å²) in [6.45, 7) is 6.85. The summed E-state index contributed by atoms with van der Waals surface area (Å²) in [7, 11) is 3.26. The summed E-state index contributed by atoms with van der Waals surface area (Å²) in [5.74, 6) is 0.480. The minimum absolute atomic E-state index is 0.0984. The summed E-state index contributed by atoms with van der Waals surface area (Å²) in [5, 5.41) is 0. The molecule has 5 nitrogen and oxygen atoms in total. The molecule has 0 radical (unpaired) electrons. The molecule has 0 aromatic carbocycles. The molecule has 5 heteroatoms. The lowest BCUT2D eigenvalue weighted by atomic mass is 9.96. The van der Waals surface area contributed by atoms with Crippen molar-refractivity contribution in [3.05, 3.63) is 0 Å². The summed E-state index contributed by atoms with van der Waals surface area (Å²) in [6.07, 6.45) is 0.825. The van der Waals surface area contributed by atoms with Crippen molar-refractivity contribution in [2.45, 2.75) is 20.3 Å². The summed E-state index contributed by atoms with van der Waals surface area (Å²) in [5.41, 5.74) is 5.71. The monoisotopic (exact) mass is 260 g/mol. The third-order valence-corrected chi connectivity index (χ3v) is 2.83. The molecule has 0 aromatic rings. The van der Waals surface area contributed by atoms with Crippen LogP contribution in [0.15, 0.2) is 0 Å². The van der Waals surface area contributed by atoms with E-state index in [1.165, 1.54) is 0 Å². The molecule has 0 saturated carbocycles. The van der Waals surface area contributed by atoms with Gasteiger partial charge in [0.05, 0.1) is 19.1 Å². The van der Waals surface area contributed by atoms with Gasteiger partial charge in [0.25, 0.3) is 0 Å². The molecular formula is C13H28N2O3. The van der Waals surface area contributed by atoms with Crippen molar-refractivity contribution >= 4 is 5.91 Å². The average Bonchev–Trinajstić information content (AvgIpc) is 2.35. The molecule has 0 saturated heterocycles. The van der Waals surface area contributed by atoms with Gasteiger partial charge in [0.1, 0.15) is 0 Å². The minimum atomic E-state index is -0.0984. The first kappa shape index (κ1) is 17.4. The topological polar surface area (TPSA) is 64.8 Å². The van der Waals surface area contributed by atoms with Gasteiger partial charge in [-0.1, -0.05) is 13.8 Å². The Labute approximate surface area is 111 Å². The van der Waals surface area contributed by atoms with Crippen LogP contribution in [0.4, 0.5) is 0 Å². The van der Waals surface area contributed by atoms with Gasteiger partial charge in [0, 0.05) is 33.9 Å². The fraction of sp³-hybridized carbons (Fsp3) is 0.923. The van der Waals surface area contributed by atoms with E-state index in [9.17, 15) is 4.79 Å². The van der Waals surface area contributed by atoms with Crippen LogP contribution in [0, 0.1) is 11.8 Å². The average molecular weight is 260 g/mol. The van der Waals surface area contributed by atoms with E-state index in [-0.39, 0.29) is 11.8 Å².